The van der Waals surface area contributed by atoms with E-state index in [9.17, 15) is 13.2 Å². The van der Waals surface area contributed by atoms with Gasteiger partial charge in [-0.1, -0.05) is 12.1 Å². The van der Waals surface area contributed by atoms with Crippen LogP contribution in [0, 0.1) is 17.5 Å². The van der Waals surface area contributed by atoms with Crippen molar-refractivity contribution in [1.29, 1.82) is 0 Å². The van der Waals surface area contributed by atoms with Crippen LogP contribution >= 0.6 is 0 Å². The summed E-state index contributed by atoms with van der Waals surface area (Å²) in [5, 5.41) is 0. The average Bonchev–Trinajstić information content (AvgIpc) is 2.40. The molecule has 0 spiro atoms. The number of benzene rings is 2. The third-order valence-corrected chi connectivity index (χ3v) is 2.63. The lowest BCUT2D eigenvalue weighted by molar-refractivity contribution is 0.283. The van der Waals surface area contributed by atoms with Crippen LogP contribution in [0.3, 0.4) is 0 Å². The van der Waals surface area contributed by atoms with Crippen molar-refractivity contribution in [3.05, 3.63) is 65.0 Å². The maximum Gasteiger partial charge on any atom is 0.165 e. The molecule has 0 fully saturated rings. The van der Waals surface area contributed by atoms with Crippen LogP contribution in [0.2, 0.25) is 0 Å². The molecule has 2 aromatic rings. The van der Waals surface area contributed by atoms with Crippen LogP contribution in [0.5, 0.6) is 5.75 Å². The standard InChI is InChI=1S/C14H12F3NO/c15-11-3-4-12(16)14(6-11)19-8-10-2-1-9(7-18)5-13(10)17/h1-6H,7-8,18H2. The molecular weight excluding hydrogens is 255 g/mol. The van der Waals surface area contributed by atoms with Gasteiger partial charge < -0.3 is 10.5 Å². The van der Waals surface area contributed by atoms with Crippen LogP contribution in [0.4, 0.5) is 13.2 Å². The predicted molar refractivity (Wildman–Crippen MR) is 65.0 cm³/mol. The third-order valence-electron chi connectivity index (χ3n) is 2.63. The van der Waals surface area contributed by atoms with Crippen LogP contribution in [0.25, 0.3) is 0 Å². The molecule has 0 bridgehead atoms. The van der Waals surface area contributed by atoms with Gasteiger partial charge in [-0.3, -0.25) is 0 Å². The van der Waals surface area contributed by atoms with Crippen LogP contribution in [0.1, 0.15) is 11.1 Å². The Kier molecular flexibility index (Phi) is 4.06. The lowest BCUT2D eigenvalue weighted by Crippen LogP contribution is -2.03. The Hall–Kier alpha value is -2.01. The molecule has 0 unspecified atom stereocenters. The Morgan fingerprint density at radius 1 is 0.947 bits per heavy atom. The first kappa shape index (κ1) is 13.4. The van der Waals surface area contributed by atoms with Crippen molar-refractivity contribution in [2.24, 2.45) is 5.73 Å². The van der Waals surface area contributed by atoms with Crippen LogP contribution < -0.4 is 10.5 Å². The van der Waals surface area contributed by atoms with Crippen LogP contribution in [0.15, 0.2) is 36.4 Å². The molecule has 5 heteroatoms. The second-order valence-corrected chi connectivity index (χ2v) is 3.99. The molecule has 0 aliphatic rings. The highest BCUT2D eigenvalue weighted by Gasteiger charge is 2.08. The summed E-state index contributed by atoms with van der Waals surface area (Å²) in [6.45, 7) is 0.0492. The van der Waals surface area contributed by atoms with Crippen LogP contribution in [-0.2, 0) is 13.2 Å². The second kappa shape index (κ2) is 5.75. The van der Waals surface area contributed by atoms with Gasteiger partial charge in [0, 0.05) is 18.2 Å². The van der Waals surface area contributed by atoms with E-state index >= 15 is 0 Å². The molecule has 0 aliphatic heterocycles. The summed E-state index contributed by atoms with van der Waals surface area (Å²) in [6.07, 6.45) is 0. The van der Waals surface area contributed by atoms with E-state index in [1.807, 2.05) is 0 Å². The Bertz CT molecular complexity index is 587. The summed E-state index contributed by atoms with van der Waals surface area (Å²) in [6, 6.07) is 7.32. The van der Waals surface area contributed by atoms with E-state index in [2.05, 4.69) is 0 Å². The fourth-order valence-electron chi connectivity index (χ4n) is 1.58. The molecule has 100 valence electrons. The van der Waals surface area contributed by atoms with Gasteiger partial charge in [-0.2, -0.15) is 0 Å². The van der Waals surface area contributed by atoms with Crippen molar-refractivity contribution < 1.29 is 17.9 Å². The molecule has 19 heavy (non-hydrogen) atoms. The van der Waals surface area contributed by atoms with E-state index < -0.39 is 17.5 Å². The van der Waals surface area contributed by atoms with Gasteiger partial charge in [0.2, 0.25) is 0 Å². The predicted octanol–water partition coefficient (Wildman–Crippen LogP) is 3.14. The fourth-order valence-corrected chi connectivity index (χ4v) is 1.58. The smallest absolute Gasteiger partial charge is 0.165 e. The Morgan fingerprint density at radius 2 is 1.74 bits per heavy atom. The molecule has 0 atom stereocenters. The van der Waals surface area contributed by atoms with E-state index in [-0.39, 0.29) is 24.5 Å². The Balaban J connectivity index is 2.12. The first-order valence-electron chi connectivity index (χ1n) is 5.65. The number of nitrogens with two attached hydrogens (primary N) is 1. The highest BCUT2D eigenvalue weighted by Crippen LogP contribution is 2.20. The lowest BCUT2D eigenvalue weighted by atomic mass is 10.1. The molecule has 0 saturated heterocycles. The highest BCUT2D eigenvalue weighted by atomic mass is 19.1. The molecule has 2 aromatic carbocycles. The lowest BCUT2D eigenvalue weighted by Gasteiger charge is -2.09. The quantitative estimate of drug-likeness (QED) is 0.923. The van der Waals surface area contributed by atoms with Gasteiger partial charge in [0.15, 0.2) is 11.6 Å². The van der Waals surface area contributed by atoms with Gasteiger partial charge in [0.25, 0.3) is 0 Å². The molecule has 2 N–H and O–H groups in total. The monoisotopic (exact) mass is 267 g/mol. The van der Waals surface area contributed by atoms with Gasteiger partial charge in [-0.15, -0.1) is 0 Å². The number of hydrogen-bond donors (Lipinski definition) is 1. The first-order valence-corrected chi connectivity index (χ1v) is 5.65. The molecule has 0 heterocycles. The Labute approximate surface area is 108 Å². The summed E-state index contributed by atoms with van der Waals surface area (Å²) in [5.41, 5.74) is 6.28. The maximum atomic E-state index is 13.6. The topological polar surface area (TPSA) is 35.2 Å². The molecule has 0 radical (unpaired) electrons. The molecule has 2 rings (SSSR count). The maximum absolute atomic E-state index is 13.6. The average molecular weight is 267 g/mol. The van der Waals surface area contributed by atoms with Crippen molar-refractivity contribution in [2.75, 3.05) is 0 Å². The zero-order valence-electron chi connectivity index (χ0n) is 10.00. The van der Waals surface area contributed by atoms with Gasteiger partial charge in [-0.25, -0.2) is 13.2 Å². The summed E-state index contributed by atoms with van der Waals surface area (Å²) in [5.74, 6) is -2.04. The summed E-state index contributed by atoms with van der Waals surface area (Å²) in [7, 11) is 0. The second-order valence-electron chi connectivity index (χ2n) is 3.99. The van der Waals surface area contributed by atoms with Crippen molar-refractivity contribution in [3.8, 4) is 5.75 Å². The van der Waals surface area contributed by atoms with E-state index in [1.54, 1.807) is 6.07 Å². The molecule has 0 saturated carbocycles. The first-order chi connectivity index (χ1) is 9.10. The van der Waals surface area contributed by atoms with Gasteiger partial charge in [0.1, 0.15) is 18.2 Å². The van der Waals surface area contributed by atoms with E-state index in [1.165, 1.54) is 12.1 Å². The van der Waals surface area contributed by atoms with Gasteiger partial charge in [0.05, 0.1) is 0 Å². The minimum absolute atomic E-state index is 0.183. The molecule has 2 nitrogen and oxygen atoms in total. The summed E-state index contributed by atoms with van der Waals surface area (Å²) in [4.78, 5) is 0. The van der Waals surface area contributed by atoms with E-state index in [0.29, 0.717) is 5.56 Å². The van der Waals surface area contributed by atoms with Crippen molar-refractivity contribution in [3.63, 3.8) is 0 Å². The minimum atomic E-state index is -0.694. The number of hydrogen-bond acceptors (Lipinski definition) is 2. The minimum Gasteiger partial charge on any atom is -0.486 e. The molecular formula is C14H12F3NO. The highest BCUT2D eigenvalue weighted by molar-refractivity contribution is 5.27. The molecule has 0 amide bonds. The normalized spacial score (nSPS) is 10.5. The number of rotatable bonds is 4. The summed E-state index contributed by atoms with van der Waals surface area (Å²) >= 11 is 0. The van der Waals surface area contributed by atoms with E-state index in [4.69, 9.17) is 10.5 Å². The molecule has 0 aliphatic carbocycles. The van der Waals surface area contributed by atoms with Crippen molar-refractivity contribution in [1.82, 2.24) is 0 Å². The zero-order valence-corrected chi connectivity index (χ0v) is 10.00. The van der Waals surface area contributed by atoms with Crippen molar-refractivity contribution >= 4 is 0 Å². The van der Waals surface area contributed by atoms with Crippen LogP contribution in [-0.4, -0.2) is 0 Å². The zero-order chi connectivity index (χ0) is 13.8. The fraction of sp³-hybridized carbons (Fsp3) is 0.143. The SMILES string of the molecule is NCc1ccc(COc2cc(F)ccc2F)c(F)c1. The Morgan fingerprint density at radius 3 is 2.42 bits per heavy atom. The van der Waals surface area contributed by atoms with Crippen molar-refractivity contribution in [2.45, 2.75) is 13.2 Å². The number of halogens is 3. The van der Waals surface area contributed by atoms with Gasteiger partial charge in [-0.05, 0) is 23.8 Å². The largest absolute Gasteiger partial charge is 0.486 e. The number of ether oxygens (including phenoxy) is 1. The molecule has 0 aromatic heterocycles. The third kappa shape index (κ3) is 3.26. The van der Waals surface area contributed by atoms with E-state index in [0.717, 1.165) is 18.2 Å². The summed E-state index contributed by atoms with van der Waals surface area (Å²) < 4.78 is 44.9. The van der Waals surface area contributed by atoms with Gasteiger partial charge >= 0.3 is 0 Å².